The molecule has 1 heterocycles. The standard InChI is InChI=1S/C18H25F3N2O.ClH/c1-13(15-6-4-10-22-12-15)11-17(24)23-16-7-3-2-5-14(16)8-9-18(19,20)21;/h2-3,5,7,13,15,22H,4,6,8-12H2,1H3,(H,23,24);1H. The van der Waals surface area contributed by atoms with E-state index in [1.807, 2.05) is 0 Å². The molecule has 142 valence electrons. The molecule has 1 aliphatic rings. The molecule has 2 rings (SSSR count). The van der Waals surface area contributed by atoms with E-state index in [1.165, 1.54) is 0 Å². The van der Waals surface area contributed by atoms with Crippen LogP contribution < -0.4 is 10.6 Å². The molecule has 0 aromatic heterocycles. The van der Waals surface area contributed by atoms with Gasteiger partial charge in [-0.05, 0) is 55.8 Å². The van der Waals surface area contributed by atoms with Crippen LogP contribution in [0.2, 0.25) is 0 Å². The number of benzene rings is 1. The van der Waals surface area contributed by atoms with E-state index in [0.717, 1.165) is 25.9 Å². The van der Waals surface area contributed by atoms with Crippen molar-refractivity contribution in [1.29, 1.82) is 0 Å². The summed E-state index contributed by atoms with van der Waals surface area (Å²) in [5.41, 5.74) is 1.01. The Bertz CT molecular complexity index is 545. The van der Waals surface area contributed by atoms with Crippen LogP contribution in [0.1, 0.15) is 38.2 Å². The monoisotopic (exact) mass is 378 g/mol. The first-order chi connectivity index (χ1) is 11.3. The second-order valence-electron chi connectivity index (χ2n) is 6.61. The number of aryl methyl sites for hydroxylation is 1. The van der Waals surface area contributed by atoms with Gasteiger partial charge in [-0.25, -0.2) is 0 Å². The predicted octanol–water partition coefficient (Wildman–Crippen LogP) is 4.57. The Kier molecular flexibility index (Phi) is 8.73. The molecule has 0 saturated carbocycles. The molecule has 7 heteroatoms. The molecule has 1 amide bonds. The number of carbonyl (C=O) groups excluding carboxylic acids is 1. The van der Waals surface area contributed by atoms with Crippen LogP contribution >= 0.6 is 12.4 Å². The highest BCUT2D eigenvalue weighted by molar-refractivity contribution is 5.91. The minimum Gasteiger partial charge on any atom is -0.326 e. The smallest absolute Gasteiger partial charge is 0.326 e. The van der Waals surface area contributed by atoms with Gasteiger partial charge in [-0.1, -0.05) is 25.1 Å². The fourth-order valence-corrected chi connectivity index (χ4v) is 3.16. The Morgan fingerprint density at radius 1 is 1.36 bits per heavy atom. The molecule has 3 nitrogen and oxygen atoms in total. The zero-order valence-corrected chi connectivity index (χ0v) is 15.2. The summed E-state index contributed by atoms with van der Waals surface area (Å²) in [7, 11) is 0. The highest BCUT2D eigenvalue weighted by Gasteiger charge is 2.27. The summed E-state index contributed by atoms with van der Waals surface area (Å²) in [4.78, 5) is 12.3. The summed E-state index contributed by atoms with van der Waals surface area (Å²) in [6, 6.07) is 6.71. The summed E-state index contributed by atoms with van der Waals surface area (Å²) < 4.78 is 37.3. The summed E-state index contributed by atoms with van der Waals surface area (Å²) in [6.07, 6.45) is -2.58. The van der Waals surface area contributed by atoms with E-state index >= 15 is 0 Å². The molecule has 25 heavy (non-hydrogen) atoms. The van der Waals surface area contributed by atoms with Gasteiger partial charge in [0.25, 0.3) is 0 Å². The molecule has 1 aliphatic heterocycles. The lowest BCUT2D eigenvalue weighted by molar-refractivity contribution is -0.133. The van der Waals surface area contributed by atoms with E-state index in [4.69, 9.17) is 0 Å². The first kappa shape index (κ1) is 21.8. The molecule has 0 radical (unpaired) electrons. The molecule has 1 fully saturated rings. The van der Waals surface area contributed by atoms with Crippen molar-refractivity contribution in [2.75, 3.05) is 18.4 Å². The Hall–Kier alpha value is -1.27. The number of carbonyl (C=O) groups is 1. The van der Waals surface area contributed by atoms with Crippen LogP contribution in [0.3, 0.4) is 0 Å². The number of rotatable bonds is 6. The molecule has 2 atom stereocenters. The van der Waals surface area contributed by atoms with E-state index in [1.54, 1.807) is 24.3 Å². The first-order valence-corrected chi connectivity index (χ1v) is 8.50. The molecule has 0 aliphatic carbocycles. The van der Waals surface area contributed by atoms with Crippen molar-refractivity contribution in [3.8, 4) is 0 Å². The van der Waals surface area contributed by atoms with Gasteiger partial charge in [0.15, 0.2) is 0 Å². The average molecular weight is 379 g/mol. The fourth-order valence-electron chi connectivity index (χ4n) is 3.16. The van der Waals surface area contributed by atoms with Gasteiger partial charge in [-0.3, -0.25) is 4.79 Å². The molecular formula is C18H26ClF3N2O. The molecule has 0 spiro atoms. The maximum Gasteiger partial charge on any atom is 0.389 e. The van der Waals surface area contributed by atoms with Crippen LogP contribution in [0.4, 0.5) is 18.9 Å². The maximum absolute atomic E-state index is 12.4. The quantitative estimate of drug-likeness (QED) is 0.761. The normalized spacial score (nSPS) is 19.0. The molecule has 2 N–H and O–H groups in total. The Morgan fingerprint density at radius 3 is 2.72 bits per heavy atom. The van der Waals surface area contributed by atoms with Gasteiger partial charge in [0.1, 0.15) is 0 Å². The number of para-hydroxylation sites is 1. The van der Waals surface area contributed by atoms with Gasteiger partial charge in [0.2, 0.25) is 5.91 Å². The first-order valence-electron chi connectivity index (χ1n) is 8.50. The summed E-state index contributed by atoms with van der Waals surface area (Å²) >= 11 is 0. The third-order valence-corrected chi connectivity index (χ3v) is 4.62. The van der Waals surface area contributed by atoms with Crippen molar-refractivity contribution in [2.45, 2.75) is 45.2 Å². The molecular weight excluding hydrogens is 353 g/mol. The van der Waals surface area contributed by atoms with Crippen molar-refractivity contribution >= 4 is 24.0 Å². The van der Waals surface area contributed by atoms with Crippen LogP contribution in [0, 0.1) is 11.8 Å². The highest BCUT2D eigenvalue weighted by Crippen LogP contribution is 2.26. The largest absolute Gasteiger partial charge is 0.389 e. The average Bonchev–Trinajstić information content (AvgIpc) is 2.54. The third-order valence-electron chi connectivity index (χ3n) is 4.62. The molecule has 1 aromatic rings. The lowest BCUT2D eigenvalue weighted by Gasteiger charge is -2.28. The van der Waals surface area contributed by atoms with E-state index in [0.29, 0.717) is 23.6 Å². The number of hydrogen-bond acceptors (Lipinski definition) is 2. The van der Waals surface area contributed by atoms with Gasteiger partial charge in [-0.2, -0.15) is 13.2 Å². The van der Waals surface area contributed by atoms with E-state index in [9.17, 15) is 18.0 Å². The lowest BCUT2D eigenvalue weighted by atomic mass is 9.85. The Morgan fingerprint density at radius 2 is 2.08 bits per heavy atom. The van der Waals surface area contributed by atoms with Crippen molar-refractivity contribution in [3.63, 3.8) is 0 Å². The SMILES string of the molecule is CC(CC(=O)Nc1ccccc1CCC(F)(F)F)C1CCCNC1.Cl. The maximum atomic E-state index is 12.4. The number of halogens is 4. The minimum absolute atomic E-state index is 0. The number of anilines is 1. The molecule has 0 bridgehead atoms. The summed E-state index contributed by atoms with van der Waals surface area (Å²) in [6.45, 7) is 4.02. The van der Waals surface area contributed by atoms with Crippen LogP contribution in [-0.4, -0.2) is 25.2 Å². The van der Waals surface area contributed by atoms with Gasteiger partial charge in [-0.15, -0.1) is 12.4 Å². The Labute approximate surface area is 153 Å². The van der Waals surface area contributed by atoms with Crippen molar-refractivity contribution in [3.05, 3.63) is 29.8 Å². The van der Waals surface area contributed by atoms with Gasteiger partial charge in [0, 0.05) is 18.5 Å². The zero-order chi connectivity index (χ0) is 17.6. The highest BCUT2D eigenvalue weighted by atomic mass is 35.5. The minimum atomic E-state index is -4.19. The van der Waals surface area contributed by atoms with Gasteiger partial charge < -0.3 is 10.6 Å². The second kappa shape index (κ2) is 10.0. The van der Waals surface area contributed by atoms with Crippen LogP contribution in [0.25, 0.3) is 0 Å². The topological polar surface area (TPSA) is 41.1 Å². The number of alkyl halides is 3. The number of amides is 1. The van der Waals surface area contributed by atoms with Crippen LogP contribution in [0.5, 0.6) is 0 Å². The molecule has 1 saturated heterocycles. The van der Waals surface area contributed by atoms with E-state index in [-0.39, 0.29) is 30.7 Å². The van der Waals surface area contributed by atoms with Crippen LogP contribution in [0.15, 0.2) is 24.3 Å². The number of hydrogen-bond donors (Lipinski definition) is 2. The van der Waals surface area contributed by atoms with Crippen molar-refractivity contribution in [1.82, 2.24) is 5.32 Å². The van der Waals surface area contributed by atoms with E-state index in [2.05, 4.69) is 17.6 Å². The van der Waals surface area contributed by atoms with Crippen molar-refractivity contribution in [2.24, 2.45) is 11.8 Å². The van der Waals surface area contributed by atoms with Gasteiger partial charge in [0.05, 0.1) is 0 Å². The number of piperidine rings is 1. The Balaban J connectivity index is 0.00000312. The second-order valence-corrected chi connectivity index (χ2v) is 6.61. The number of nitrogens with one attached hydrogen (secondary N) is 2. The summed E-state index contributed by atoms with van der Waals surface area (Å²) in [5, 5.41) is 6.13. The van der Waals surface area contributed by atoms with Gasteiger partial charge >= 0.3 is 6.18 Å². The summed E-state index contributed by atoms with van der Waals surface area (Å²) in [5.74, 6) is 0.595. The predicted molar refractivity (Wildman–Crippen MR) is 96.1 cm³/mol. The fraction of sp³-hybridized carbons (Fsp3) is 0.611. The third kappa shape index (κ3) is 7.65. The zero-order valence-electron chi connectivity index (χ0n) is 14.4. The van der Waals surface area contributed by atoms with Crippen LogP contribution in [-0.2, 0) is 11.2 Å². The van der Waals surface area contributed by atoms with Crippen molar-refractivity contribution < 1.29 is 18.0 Å². The lowest BCUT2D eigenvalue weighted by Crippen LogP contribution is -2.34. The molecule has 1 aromatic carbocycles. The van der Waals surface area contributed by atoms with E-state index < -0.39 is 12.6 Å². The molecule has 2 unspecified atom stereocenters.